The van der Waals surface area contributed by atoms with Crippen LogP contribution in [0, 0.1) is 10.8 Å². The summed E-state index contributed by atoms with van der Waals surface area (Å²) in [4.78, 5) is 0. The van der Waals surface area contributed by atoms with Crippen molar-refractivity contribution >= 4 is 27.5 Å². The van der Waals surface area contributed by atoms with Gasteiger partial charge < -0.3 is 4.74 Å². The second kappa shape index (κ2) is 12.6. The third-order valence-corrected chi connectivity index (χ3v) is 8.11. The van der Waals surface area contributed by atoms with Crippen molar-refractivity contribution in [3.05, 3.63) is 57.5 Å². The highest BCUT2D eigenvalue weighted by Gasteiger charge is 2.40. The Kier molecular flexibility index (Phi) is 10.8. The molecule has 0 aliphatic heterocycles. The average Bonchev–Trinajstić information content (AvgIpc) is 2.73. The maximum atomic E-state index is 6.68. The average molecular weight is 522 g/mol. The van der Waals surface area contributed by atoms with E-state index in [4.69, 9.17) is 16.3 Å². The van der Waals surface area contributed by atoms with Gasteiger partial charge in [-0.3, -0.25) is 0 Å². The van der Waals surface area contributed by atoms with Gasteiger partial charge in [-0.2, -0.15) is 0 Å². The fourth-order valence-corrected chi connectivity index (χ4v) is 4.42. The lowest BCUT2D eigenvalue weighted by Gasteiger charge is -2.45. The van der Waals surface area contributed by atoms with Crippen LogP contribution in [0.15, 0.2) is 46.9 Å². The Balaban J connectivity index is 2.06. The van der Waals surface area contributed by atoms with Crippen molar-refractivity contribution in [3.63, 3.8) is 0 Å². The maximum absolute atomic E-state index is 6.68. The van der Waals surface area contributed by atoms with Crippen molar-refractivity contribution in [2.75, 3.05) is 0 Å². The van der Waals surface area contributed by atoms with Gasteiger partial charge in [0.2, 0.25) is 0 Å². The lowest BCUT2D eigenvalue weighted by atomic mass is 9.65. The SMILES string of the molecule is CCCCCCCCC(OCc1ccc(-c2ccc(Br)cc2)cc1Cl)C(C)(C)C(C)(C)C. The second-order valence-corrected chi connectivity index (χ2v) is 12.0. The number of hydrogen-bond donors (Lipinski definition) is 0. The van der Waals surface area contributed by atoms with E-state index in [1.807, 2.05) is 0 Å². The van der Waals surface area contributed by atoms with Gasteiger partial charge in [0.25, 0.3) is 0 Å². The molecule has 0 aromatic heterocycles. The molecule has 0 fully saturated rings. The Morgan fingerprint density at radius 2 is 1.44 bits per heavy atom. The number of halogens is 2. The Morgan fingerprint density at radius 1 is 0.844 bits per heavy atom. The number of hydrogen-bond acceptors (Lipinski definition) is 1. The molecule has 2 aromatic rings. The van der Waals surface area contributed by atoms with Crippen LogP contribution in [0.25, 0.3) is 11.1 Å². The van der Waals surface area contributed by atoms with Crippen molar-refractivity contribution < 1.29 is 4.74 Å². The van der Waals surface area contributed by atoms with Gasteiger partial charge in [-0.05, 0) is 52.1 Å². The summed E-state index contributed by atoms with van der Waals surface area (Å²) >= 11 is 10.2. The van der Waals surface area contributed by atoms with Crippen LogP contribution in [0.4, 0.5) is 0 Å². The van der Waals surface area contributed by atoms with Crippen molar-refractivity contribution in [3.8, 4) is 11.1 Å². The zero-order chi connectivity index (χ0) is 23.8. The predicted molar refractivity (Wildman–Crippen MR) is 144 cm³/mol. The van der Waals surface area contributed by atoms with Crippen LogP contribution in [-0.2, 0) is 11.3 Å². The second-order valence-electron chi connectivity index (χ2n) is 10.6. The molecule has 0 heterocycles. The summed E-state index contributed by atoms with van der Waals surface area (Å²) < 4.78 is 7.68. The number of ether oxygens (including phenoxy) is 1. The summed E-state index contributed by atoms with van der Waals surface area (Å²) in [7, 11) is 0. The molecule has 1 unspecified atom stereocenters. The molecule has 1 nitrogen and oxygen atoms in total. The molecule has 0 saturated heterocycles. The van der Waals surface area contributed by atoms with Gasteiger partial charge in [-0.15, -0.1) is 0 Å². The zero-order valence-corrected chi connectivity index (χ0v) is 23.3. The van der Waals surface area contributed by atoms with Crippen LogP contribution in [0.5, 0.6) is 0 Å². The molecule has 0 amide bonds. The van der Waals surface area contributed by atoms with E-state index < -0.39 is 0 Å². The van der Waals surface area contributed by atoms with Crippen molar-refractivity contribution in [2.24, 2.45) is 10.8 Å². The first kappa shape index (κ1) is 27.4. The monoisotopic (exact) mass is 520 g/mol. The third-order valence-electron chi connectivity index (χ3n) is 7.23. The summed E-state index contributed by atoms with van der Waals surface area (Å²) in [5.74, 6) is 0. The Bertz CT molecular complexity index is 820. The van der Waals surface area contributed by atoms with E-state index in [-0.39, 0.29) is 16.9 Å². The van der Waals surface area contributed by atoms with Crippen LogP contribution in [-0.4, -0.2) is 6.10 Å². The normalized spacial score (nSPS) is 13.4. The van der Waals surface area contributed by atoms with Crippen LogP contribution in [0.1, 0.15) is 92.1 Å². The van der Waals surface area contributed by atoms with Gasteiger partial charge in [0.05, 0.1) is 12.7 Å². The van der Waals surface area contributed by atoms with Crippen molar-refractivity contribution in [2.45, 2.75) is 99.2 Å². The Labute approximate surface area is 210 Å². The lowest BCUT2D eigenvalue weighted by Crippen LogP contribution is -2.42. The quantitative estimate of drug-likeness (QED) is 0.252. The molecule has 2 aromatic carbocycles. The molecule has 0 saturated carbocycles. The van der Waals surface area contributed by atoms with Gasteiger partial charge >= 0.3 is 0 Å². The first-order valence-electron chi connectivity index (χ1n) is 12.2. The van der Waals surface area contributed by atoms with Gasteiger partial charge in [0.1, 0.15) is 0 Å². The zero-order valence-electron chi connectivity index (χ0n) is 20.9. The molecule has 0 bridgehead atoms. The summed E-state index contributed by atoms with van der Waals surface area (Å²) in [5, 5.41) is 0.775. The van der Waals surface area contributed by atoms with Crippen LogP contribution >= 0.6 is 27.5 Å². The molecule has 1 atom stereocenters. The Hall–Kier alpha value is -0.830. The third kappa shape index (κ3) is 7.89. The molecule has 0 radical (unpaired) electrons. The molecule has 0 aliphatic carbocycles. The number of unbranched alkanes of at least 4 members (excludes halogenated alkanes) is 5. The molecule has 178 valence electrons. The number of rotatable bonds is 12. The molecule has 32 heavy (non-hydrogen) atoms. The molecule has 0 aliphatic rings. The van der Waals surface area contributed by atoms with E-state index >= 15 is 0 Å². The topological polar surface area (TPSA) is 9.23 Å². The fourth-order valence-electron chi connectivity index (χ4n) is 3.92. The van der Waals surface area contributed by atoms with E-state index in [2.05, 4.69) is 99.9 Å². The minimum atomic E-state index is 0.0697. The summed E-state index contributed by atoms with van der Waals surface area (Å²) in [6.45, 7) is 14.5. The highest BCUT2D eigenvalue weighted by atomic mass is 79.9. The molecule has 0 N–H and O–H groups in total. The summed E-state index contributed by atoms with van der Waals surface area (Å²) in [6, 6.07) is 14.6. The number of benzene rings is 2. The lowest BCUT2D eigenvalue weighted by molar-refractivity contribution is -0.0878. The standard InChI is InChI=1S/C29H42BrClO/c1-7-8-9-10-11-12-13-27(29(5,6)28(2,3)4)32-21-24-15-14-23(20-26(24)31)22-16-18-25(30)19-17-22/h14-20,27H,7-13,21H2,1-6H3. The van der Waals surface area contributed by atoms with Gasteiger partial charge in [-0.1, -0.05) is 132 Å². The highest BCUT2D eigenvalue weighted by Crippen LogP contribution is 2.44. The maximum Gasteiger partial charge on any atom is 0.0735 e. The van der Waals surface area contributed by atoms with E-state index in [9.17, 15) is 0 Å². The summed E-state index contributed by atoms with van der Waals surface area (Å²) in [5.41, 5.74) is 3.59. The highest BCUT2D eigenvalue weighted by molar-refractivity contribution is 9.10. The van der Waals surface area contributed by atoms with Crippen LogP contribution in [0.3, 0.4) is 0 Å². The smallest absolute Gasteiger partial charge is 0.0735 e. The first-order valence-corrected chi connectivity index (χ1v) is 13.4. The predicted octanol–water partition coefficient (Wildman–Crippen LogP) is 10.5. The molecular formula is C29H42BrClO. The first-order chi connectivity index (χ1) is 15.1. The summed E-state index contributed by atoms with van der Waals surface area (Å²) in [6.07, 6.45) is 9.16. The van der Waals surface area contributed by atoms with Gasteiger partial charge in [-0.25, -0.2) is 0 Å². The minimum Gasteiger partial charge on any atom is -0.373 e. The van der Waals surface area contributed by atoms with E-state index in [1.54, 1.807) is 0 Å². The van der Waals surface area contributed by atoms with E-state index in [0.29, 0.717) is 6.61 Å². The Morgan fingerprint density at radius 3 is 2.03 bits per heavy atom. The largest absolute Gasteiger partial charge is 0.373 e. The van der Waals surface area contributed by atoms with Gasteiger partial charge in [0, 0.05) is 9.50 Å². The van der Waals surface area contributed by atoms with Crippen LogP contribution in [0.2, 0.25) is 5.02 Å². The van der Waals surface area contributed by atoms with Crippen LogP contribution < -0.4 is 0 Å². The minimum absolute atomic E-state index is 0.0697. The van der Waals surface area contributed by atoms with Gasteiger partial charge in [0.15, 0.2) is 0 Å². The fraction of sp³-hybridized carbons (Fsp3) is 0.586. The van der Waals surface area contributed by atoms with Crippen molar-refractivity contribution in [1.29, 1.82) is 0 Å². The molecule has 2 rings (SSSR count). The van der Waals surface area contributed by atoms with E-state index in [0.717, 1.165) is 32.6 Å². The molecule has 3 heteroatoms. The van der Waals surface area contributed by atoms with E-state index in [1.165, 1.54) is 38.5 Å². The van der Waals surface area contributed by atoms with Crippen molar-refractivity contribution in [1.82, 2.24) is 0 Å². The molecule has 0 spiro atoms. The molecular weight excluding hydrogens is 480 g/mol.